The summed E-state index contributed by atoms with van der Waals surface area (Å²) in [6.07, 6.45) is 11.3. The van der Waals surface area contributed by atoms with Gasteiger partial charge in [-0.25, -0.2) is 0 Å². The van der Waals surface area contributed by atoms with E-state index >= 15 is 0 Å². The predicted molar refractivity (Wildman–Crippen MR) is 112 cm³/mol. The first-order valence-corrected chi connectivity index (χ1v) is 12.3. The molecule has 0 aliphatic heterocycles. The van der Waals surface area contributed by atoms with Crippen LogP contribution >= 0.6 is 11.8 Å². The van der Waals surface area contributed by atoms with Gasteiger partial charge in [-0.1, -0.05) is 13.8 Å². The van der Waals surface area contributed by atoms with Gasteiger partial charge in [0.2, 0.25) is 0 Å². The molecule has 0 aromatic heterocycles. The largest absolute Gasteiger partial charge is 0.330 e. The van der Waals surface area contributed by atoms with Gasteiger partial charge >= 0.3 is 0 Å². The SMILES string of the molecule is C[C@]12CC[C@@H](SCCCN)CC1C(C=O)C[C@@H]1[C@@H]2CC[C@]2(C)C(=O)CC[C@@H]12. The molecule has 3 nitrogen and oxygen atoms in total. The molecule has 4 fully saturated rings. The van der Waals surface area contributed by atoms with E-state index in [0.717, 1.165) is 50.3 Å². The van der Waals surface area contributed by atoms with Crippen LogP contribution in [0, 0.1) is 40.4 Å². The fourth-order valence-corrected chi connectivity index (χ4v) is 9.07. The van der Waals surface area contributed by atoms with Crippen molar-refractivity contribution in [1.82, 2.24) is 0 Å². The fraction of sp³-hybridized carbons (Fsp3) is 0.913. The van der Waals surface area contributed by atoms with E-state index < -0.39 is 0 Å². The van der Waals surface area contributed by atoms with Gasteiger partial charge < -0.3 is 10.5 Å². The van der Waals surface area contributed by atoms with Gasteiger partial charge in [-0.15, -0.1) is 0 Å². The molecule has 8 atom stereocenters. The number of fused-ring (bicyclic) bond motifs is 5. The molecule has 4 saturated carbocycles. The van der Waals surface area contributed by atoms with Crippen molar-refractivity contribution in [1.29, 1.82) is 0 Å². The highest BCUT2D eigenvalue weighted by atomic mass is 32.2. The summed E-state index contributed by atoms with van der Waals surface area (Å²) in [5, 5.41) is 0.704. The minimum atomic E-state index is -0.0902. The lowest BCUT2D eigenvalue weighted by Crippen LogP contribution is -2.56. The Hall–Kier alpha value is -0.350. The Morgan fingerprint density at radius 3 is 2.67 bits per heavy atom. The van der Waals surface area contributed by atoms with Crippen LogP contribution in [-0.4, -0.2) is 29.6 Å². The van der Waals surface area contributed by atoms with Crippen molar-refractivity contribution < 1.29 is 9.59 Å². The number of thioether (sulfide) groups is 1. The molecule has 4 heteroatoms. The second-order valence-electron chi connectivity index (χ2n) is 10.4. The lowest BCUT2D eigenvalue weighted by molar-refractivity contribution is -0.149. The van der Waals surface area contributed by atoms with E-state index in [9.17, 15) is 9.59 Å². The minimum Gasteiger partial charge on any atom is -0.330 e. The van der Waals surface area contributed by atoms with Gasteiger partial charge in [0.1, 0.15) is 12.1 Å². The predicted octanol–water partition coefficient (Wildman–Crippen LogP) is 4.47. The van der Waals surface area contributed by atoms with Crippen LogP contribution in [0.25, 0.3) is 0 Å². The van der Waals surface area contributed by atoms with E-state index in [1.54, 1.807) is 0 Å². The van der Waals surface area contributed by atoms with E-state index in [2.05, 4.69) is 25.6 Å². The molecule has 27 heavy (non-hydrogen) atoms. The second kappa shape index (κ2) is 7.48. The van der Waals surface area contributed by atoms with Crippen LogP contribution in [0.4, 0.5) is 0 Å². The maximum atomic E-state index is 12.6. The summed E-state index contributed by atoms with van der Waals surface area (Å²) in [7, 11) is 0. The van der Waals surface area contributed by atoms with Gasteiger partial charge in [-0.2, -0.15) is 11.8 Å². The zero-order valence-corrected chi connectivity index (χ0v) is 17.9. The summed E-state index contributed by atoms with van der Waals surface area (Å²) in [5.41, 5.74) is 5.88. The molecule has 4 rings (SSSR count). The van der Waals surface area contributed by atoms with Crippen molar-refractivity contribution in [2.75, 3.05) is 12.3 Å². The Morgan fingerprint density at radius 1 is 1.11 bits per heavy atom. The third-order valence-corrected chi connectivity index (χ3v) is 10.7. The number of rotatable bonds is 5. The van der Waals surface area contributed by atoms with Crippen molar-refractivity contribution in [3.8, 4) is 0 Å². The van der Waals surface area contributed by atoms with Crippen LogP contribution in [0.5, 0.6) is 0 Å². The highest BCUT2D eigenvalue weighted by Crippen LogP contribution is 2.66. The first kappa shape index (κ1) is 19.9. The summed E-state index contributed by atoms with van der Waals surface area (Å²) in [6, 6.07) is 0. The van der Waals surface area contributed by atoms with Crippen LogP contribution in [0.3, 0.4) is 0 Å². The van der Waals surface area contributed by atoms with E-state index in [1.165, 1.54) is 32.0 Å². The Kier molecular flexibility index (Phi) is 5.52. The number of nitrogens with two attached hydrogens (primary N) is 1. The molecular formula is C23H37NO2S. The molecule has 4 aliphatic rings. The highest BCUT2D eigenvalue weighted by Gasteiger charge is 2.62. The van der Waals surface area contributed by atoms with Gasteiger partial charge in [0.05, 0.1) is 0 Å². The number of carbonyl (C=O) groups is 2. The van der Waals surface area contributed by atoms with Gasteiger partial charge in [0.25, 0.3) is 0 Å². The first-order valence-electron chi connectivity index (χ1n) is 11.2. The summed E-state index contributed by atoms with van der Waals surface area (Å²) in [5.74, 6) is 4.24. The Bertz CT molecular complexity index is 595. The number of hydrogen-bond acceptors (Lipinski definition) is 4. The third-order valence-electron chi connectivity index (χ3n) is 9.30. The normalized spacial score (nSPS) is 49.2. The van der Waals surface area contributed by atoms with Crippen molar-refractivity contribution in [2.24, 2.45) is 46.2 Å². The molecule has 152 valence electrons. The van der Waals surface area contributed by atoms with E-state index in [1.807, 2.05) is 0 Å². The molecule has 0 spiro atoms. The number of carbonyl (C=O) groups excluding carboxylic acids is 2. The van der Waals surface area contributed by atoms with Crippen molar-refractivity contribution in [2.45, 2.75) is 76.9 Å². The number of Topliss-reactive ketones (excluding diaryl/α,β-unsaturated/α-hetero) is 1. The Balaban J connectivity index is 1.55. The average molecular weight is 392 g/mol. The molecule has 0 radical (unpaired) electrons. The molecule has 0 aromatic carbocycles. The van der Waals surface area contributed by atoms with Gasteiger partial charge in [-0.05, 0) is 92.8 Å². The number of ketones is 1. The van der Waals surface area contributed by atoms with Crippen molar-refractivity contribution >= 4 is 23.8 Å². The number of aldehydes is 1. The highest BCUT2D eigenvalue weighted by molar-refractivity contribution is 7.99. The molecule has 2 unspecified atom stereocenters. The van der Waals surface area contributed by atoms with Crippen molar-refractivity contribution in [3.05, 3.63) is 0 Å². The quantitative estimate of drug-likeness (QED) is 0.555. The van der Waals surface area contributed by atoms with E-state index in [0.29, 0.717) is 34.2 Å². The molecule has 0 bridgehead atoms. The smallest absolute Gasteiger partial charge is 0.139 e. The molecule has 0 aromatic rings. The summed E-state index contributed by atoms with van der Waals surface area (Å²) >= 11 is 2.09. The van der Waals surface area contributed by atoms with Gasteiger partial charge in [0, 0.05) is 23.0 Å². The molecule has 0 heterocycles. The first-order chi connectivity index (χ1) is 12.9. The van der Waals surface area contributed by atoms with Crippen LogP contribution in [0.1, 0.15) is 71.6 Å². The summed E-state index contributed by atoms with van der Waals surface area (Å²) < 4.78 is 0. The van der Waals surface area contributed by atoms with E-state index in [-0.39, 0.29) is 11.3 Å². The van der Waals surface area contributed by atoms with Gasteiger partial charge in [0.15, 0.2) is 0 Å². The van der Waals surface area contributed by atoms with Crippen LogP contribution in [0.15, 0.2) is 0 Å². The summed E-state index contributed by atoms with van der Waals surface area (Å²) in [4.78, 5) is 24.7. The zero-order chi connectivity index (χ0) is 19.2. The minimum absolute atomic E-state index is 0.0902. The van der Waals surface area contributed by atoms with Gasteiger partial charge in [-0.3, -0.25) is 4.79 Å². The lowest BCUT2D eigenvalue weighted by Gasteiger charge is -2.61. The molecule has 0 amide bonds. The van der Waals surface area contributed by atoms with E-state index in [4.69, 9.17) is 5.73 Å². The number of hydrogen-bond donors (Lipinski definition) is 1. The fourth-order valence-electron chi connectivity index (χ4n) is 7.77. The Morgan fingerprint density at radius 2 is 1.93 bits per heavy atom. The average Bonchev–Trinajstić information content (AvgIpc) is 2.96. The monoisotopic (exact) mass is 391 g/mol. The molecule has 4 aliphatic carbocycles. The second-order valence-corrected chi connectivity index (χ2v) is 11.8. The lowest BCUT2D eigenvalue weighted by atomic mass is 9.43. The Labute approximate surface area is 169 Å². The van der Waals surface area contributed by atoms with Crippen LogP contribution in [-0.2, 0) is 9.59 Å². The molecular weight excluding hydrogens is 354 g/mol. The molecule has 2 N–H and O–H groups in total. The maximum Gasteiger partial charge on any atom is 0.139 e. The third kappa shape index (κ3) is 3.13. The zero-order valence-electron chi connectivity index (χ0n) is 17.1. The molecule has 0 saturated heterocycles. The van der Waals surface area contributed by atoms with Crippen molar-refractivity contribution in [3.63, 3.8) is 0 Å². The van der Waals surface area contributed by atoms with Crippen LogP contribution in [0.2, 0.25) is 0 Å². The maximum absolute atomic E-state index is 12.6. The topological polar surface area (TPSA) is 60.2 Å². The standard InChI is InChI=1S/C23H37NO2S/c1-22-8-6-16(27-11-3-10-24)13-20(22)15(14-25)12-17-18-4-5-21(26)23(18,2)9-7-19(17)22/h14-20H,3-13,24H2,1-2H3/t15?,16-,17+,18+,19+,20?,22-,23+/m1/s1. The summed E-state index contributed by atoms with van der Waals surface area (Å²) in [6.45, 7) is 5.52. The van der Waals surface area contributed by atoms with Crippen LogP contribution < -0.4 is 5.73 Å².